The third-order valence-corrected chi connectivity index (χ3v) is 1.81. The maximum absolute atomic E-state index is 12.5. The lowest BCUT2D eigenvalue weighted by Crippen LogP contribution is -2.39. The van der Waals surface area contributed by atoms with Crippen molar-refractivity contribution in [3.8, 4) is 0 Å². The third kappa shape index (κ3) is 3.78. The number of halogens is 1. The van der Waals surface area contributed by atoms with E-state index in [2.05, 4.69) is 10.5 Å². The van der Waals surface area contributed by atoms with E-state index in [4.69, 9.17) is 0 Å². The van der Waals surface area contributed by atoms with Crippen LogP contribution in [0.5, 0.6) is 0 Å². The highest BCUT2D eigenvalue weighted by atomic mass is 19.1. The summed E-state index contributed by atoms with van der Waals surface area (Å²) in [7, 11) is 0. The van der Waals surface area contributed by atoms with E-state index in [1.54, 1.807) is 0 Å². The average Bonchev–Trinajstić information content (AvgIpc) is 2.19. The number of benzene rings is 1. The van der Waals surface area contributed by atoms with E-state index in [0.717, 1.165) is 0 Å². The minimum Gasteiger partial charge on any atom is -0.381 e. The molecule has 0 saturated carbocycles. The molecule has 0 heterocycles. The van der Waals surface area contributed by atoms with Crippen molar-refractivity contribution in [2.45, 2.75) is 19.4 Å². The van der Waals surface area contributed by atoms with Gasteiger partial charge >= 0.3 is 0 Å². The molecule has 4 nitrogen and oxygen atoms in total. The predicted octanol–water partition coefficient (Wildman–Crippen LogP) is 1.05. The Labute approximate surface area is 92.8 Å². The van der Waals surface area contributed by atoms with Gasteiger partial charge < -0.3 is 5.11 Å². The summed E-state index contributed by atoms with van der Waals surface area (Å²) >= 11 is 0. The SMILES string of the molecule is CC(C)(O)C(=O)N/N=C/c1ccc(F)cc1. The maximum Gasteiger partial charge on any atom is 0.271 e. The lowest BCUT2D eigenvalue weighted by atomic mass is 10.1. The molecule has 16 heavy (non-hydrogen) atoms. The molecule has 1 aromatic carbocycles. The number of amides is 1. The number of nitrogens with one attached hydrogen (secondary N) is 1. The van der Waals surface area contributed by atoms with Crippen LogP contribution in [-0.2, 0) is 4.79 Å². The molecule has 0 aliphatic carbocycles. The lowest BCUT2D eigenvalue weighted by Gasteiger charge is -2.13. The first-order valence-electron chi connectivity index (χ1n) is 4.71. The number of hydrogen-bond acceptors (Lipinski definition) is 3. The number of carbonyl (C=O) groups excluding carboxylic acids is 1. The molecular weight excluding hydrogens is 211 g/mol. The molecule has 1 rings (SSSR count). The molecule has 0 bridgehead atoms. The Morgan fingerprint density at radius 1 is 1.44 bits per heavy atom. The average molecular weight is 224 g/mol. The van der Waals surface area contributed by atoms with Gasteiger partial charge in [0.1, 0.15) is 11.4 Å². The van der Waals surface area contributed by atoms with Gasteiger partial charge in [-0.3, -0.25) is 4.79 Å². The van der Waals surface area contributed by atoms with Crippen LogP contribution in [0.2, 0.25) is 0 Å². The monoisotopic (exact) mass is 224 g/mol. The van der Waals surface area contributed by atoms with E-state index in [0.29, 0.717) is 5.56 Å². The van der Waals surface area contributed by atoms with Crippen molar-refractivity contribution in [2.75, 3.05) is 0 Å². The first kappa shape index (κ1) is 12.3. The smallest absolute Gasteiger partial charge is 0.271 e. The molecule has 2 N–H and O–H groups in total. The van der Waals surface area contributed by atoms with Crippen LogP contribution in [0.1, 0.15) is 19.4 Å². The highest BCUT2D eigenvalue weighted by Crippen LogP contribution is 2.01. The van der Waals surface area contributed by atoms with Gasteiger partial charge in [-0.25, -0.2) is 9.82 Å². The predicted molar refractivity (Wildman–Crippen MR) is 58.4 cm³/mol. The number of hydrogen-bond donors (Lipinski definition) is 2. The number of carbonyl (C=O) groups is 1. The molecule has 0 spiro atoms. The van der Waals surface area contributed by atoms with Crippen LogP contribution >= 0.6 is 0 Å². The van der Waals surface area contributed by atoms with Gasteiger partial charge in [0.15, 0.2) is 0 Å². The molecule has 0 aliphatic rings. The molecule has 0 fully saturated rings. The van der Waals surface area contributed by atoms with E-state index >= 15 is 0 Å². The van der Waals surface area contributed by atoms with Gasteiger partial charge in [0.25, 0.3) is 5.91 Å². The number of hydrazone groups is 1. The highest BCUT2D eigenvalue weighted by molar-refractivity contribution is 5.86. The highest BCUT2D eigenvalue weighted by Gasteiger charge is 2.22. The van der Waals surface area contributed by atoms with Crippen molar-refractivity contribution in [2.24, 2.45) is 5.10 Å². The molecule has 0 aliphatic heterocycles. The zero-order chi connectivity index (χ0) is 12.2. The fourth-order valence-electron chi connectivity index (χ4n) is 0.851. The second kappa shape index (κ2) is 4.85. The summed E-state index contributed by atoms with van der Waals surface area (Å²) in [6, 6.07) is 5.63. The van der Waals surface area contributed by atoms with Crippen molar-refractivity contribution < 1.29 is 14.3 Å². The Bertz CT molecular complexity index is 393. The van der Waals surface area contributed by atoms with Crippen molar-refractivity contribution in [1.29, 1.82) is 0 Å². The van der Waals surface area contributed by atoms with Crippen LogP contribution in [0.25, 0.3) is 0 Å². The first-order chi connectivity index (χ1) is 7.39. The Hall–Kier alpha value is -1.75. The second-order valence-corrected chi connectivity index (χ2v) is 3.81. The normalized spacial score (nSPS) is 11.8. The summed E-state index contributed by atoms with van der Waals surface area (Å²) in [5.41, 5.74) is 1.35. The molecule has 0 radical (unpaired) electrons. The Kier molecular flexibility index (Phi) is 3.73. The summed E-state index contributed by atoms with van der Waals surface area (Å²) in [6.45, 7) is 2.71. The van der Waals surface area contributed by atoms with E-state index in [9.17, 15) is 14.3 Å². The van der Waals surface area contributed by atoms with Gasteiger partial charge in [-0.15, -0.1) is 0 Å². The zero-order valence-electron chi connectivity index (χ0n) is 9.07. The van der Waals surface area contributed by atoms with Crippen LogP contribution in [0.3, 0.4) is 0 Å². The molecule has 0 unspecified atom stereocenters. The lowest BCUT2D eigenvalue weighted by molar-refractivity contribution is -0.136. The first-order valence-corrected chi connectivity index (χ1v) is 4.71. The quantitative estimate of drug-likeness (QED) is 0.595. The van der Waals surface area contributed by atoms with E-state index in [1.807, 2.05) is 0 Å². The van der Waals surface area contributed by atoms with Crippen molar-refractivity contribution in [3.63, 3.8) is 0 Å². The topological polar surface area (TPSA) is 61.7 Å². The fourth-order valence-corrected chi connectivity index (χ4v) is 0.851. The summed E-state index contributed by atoms with van der Waals surface area (Å²) < 4.78 is 12.5. The number of aliphatic hydroxyl groups is 1. The standard InChI is InChI=1S/C11H13FN2O2/c1-11(2,16)10(15)14-13-7-8-3-5-9(12)6-4-8/h3-7,16H,1-2H3,(H,14,15)/b13-7+. The van der Waals surface area contributed by atoms with Gasteiger partial charge in [0.2, 0.25) is 0 Å². The summed E-state index contributed by atoms with van der Waals surface area (Å²) in [5.74, 6) is -0.941. The molecule has 1 aromatic rings. The zero-order valence-corrected chi connectivity index (χ0v) is 9.07. The van der Waals surface area contributed by atoms with Crippen LogP contribution in [-0.4, -0.2) is 22.8 Å². The molecule has 0 saturated heterocycles. The minimum atomic E-state index is -1.47. The molecule has 0 aromatic heterocycles. The van der Waals surface area contributed by atoms with E-state index in [1.165, 1.54) is 44.3 Å². The summed E-state index contributed by atoms with van der Waals surface area (Å²) in [5, 5.41) is 12.9. The largest absolute Gasteiger partial charge is 0.381 e. The van der Waals surface area contributed by atoms with Gasteiger partial charge in [0.05, 0.1) is 6.21 Å². The van der Waals surface area contributed by atoms with Crippen molar-refractivity contribution in [1.82, 2.24) is 5.43 Å². The molecule has 1 amide bonds. The number of nitrogens with zero attached hydrogens (tertiary/aromatic N) is 1. The molecule has 86 valence electrons. The minimum absolute atomic E-state index is 0.335. The van der Waals surface area contributed by atoms with Crippen LogP contribution in [0.15, 0.2) is 29.4 Å². The summed E-state index contributed by atoms with van der Waals surface area (Å²) in [4.78, 5) is 11.2. The molecule has 0 atom stereocenters. The van der Waals surface area contributed by atoms with Gasteiger partial charge in [-0.2, -0.15) is 5.10 Å². The Morgan fingerprint density at radius 2 is 2.00 bits per heavy atom. The molecule has 5 heteroatoms. The summed E-state index contributed by atoms with van der Waals surface area (Å²) in [6.07, 6.45) is 1.36. The molecular formula is C11H13FN2O2. The van der Waals surface area contributed by atoms with Crippen LogP contribution in [0, 0.1) is 5.82 Å². The van der Waals surface area contributed by atoms with Crippen molar-refractivity contribution in [3.05, 3.63) is 35.6 Å². The number of rotatable bonds is 3. The van der Waals surface area contributed by atoms with Gasteiger partial charge in [-0.1, -0.05) is 12.1 Å². The van der Waals surface area contributed by atoms with Gasteiger partial charge in [-0.05, 0) is 31.5 Å². The van der Waals surface area contributed by atoms with Gasteiger partial charge in [0, 0.05) is 0 Å². The van der Waals surface area contributed by atoms with E-state index in [-0.39, 0.29) is 5.82 Å². The van der Waals surface area contributed by atoms with Crippen LogP contribution in [0.4, 0.5) is 4.39 Å². The Morgan fingerprint density at radius 3 is 2.50 bits per heavy atom. The maximum atomic E-state index is 12.5. The van der Waals surface area contributed by atoms with Crippen LogP contribution < -0.4 is 5.43 Å². The second-order valence-electron chi connectivity index (χ2n) is 3.81. The van der Waals surface area contributed by atoms with E-state index < -0.39 is 11.5 Å². The fraction of sp³-hybridized carbons (Fsp3) is 0.273. The third-order valence-electron chi connectivity index (χ3n) is 1.81. The van der Waals surface area contributed by atoms with Crippen molar-refractivity contribution >= 4 is 12.1 Å². The Balaban J connectivity index is 2.56.